The zero-order chi connectivity index (χ0) is 20.5. The first-order valence-corrected chi connectivity index (χ1v) is 12.4. The van der Waals surface area contributed by atoms with Crippen molar-refractivity contribution in [2.45, 2.75) is 49.7 Å². The van der Waals surface area contributed by atoms with Gasteiger partial charge in [-0.2, -0.15) is 4.31 Å². The molecule has 1 aromatic heterocycles. The van der Waals surface area contributed by atoms with Crippen LogP contribution in [0.5, 0.6) is 0 Å². The Kier molecular flexibility index (Phi) is 12.0. The van der Waals surface area contributed by atoms with Gasteiger partial charge in [0.15, 0.2) is 5.96 Å². The van der Waals surface area contributed by atoms with Crippen LogP contribution in [-0.2, 0) is 10.0 Å². The molecular formula is C19H35IN4O3S2. The topological polar surface area (TPSA) is 94.0 Å². The fraction of sp³-hybridized carbons (Fsp3) is 0.737. The molecule has 0 spiro atoms. The maximum atomic E-state index is 12.5. The van der Waals surface area contributed by atoms with E-state index < -0.39 is 10.0 Å². The highest BCUT2D eigenvalue weighted by Gasteiger charge is 2.31. The number of rotatable bonds is 10. The minimum absolute atomic E-state index is 0. The summed E-state index contributed by atoms with van der Waals surface area (Å²) in [4.78, 5) is 4.75. The lowest BCUT2D eigenvalue weighted by Gasteiger charge is -2.35. The lowest BCUT2D eigenvalue weighted by atomic mass is 9.72. The molecule has 2 rings (SSSR count). The number of thiophene rings is 1. The van der Waals surface area contributed by atoms with Crippen molar-refractivity contribution in [2.24, 2.45) is 10.4 Å². The van der Waals surface area contributed by atoms with Crippen molar-refractivity contribution in [3.8, 4) is 0 Å². The number of nitrogens with one attached hydrogen (secondary N) is 2. The molecule has 29 heavy (non-hydrogen) atoms. The van der Waals surface area contributed by atoms with Crippen LogP contribution in [0.4, 0.5) is 0 Å². The summed E-state index contributed by atoms with van der Waals surface area (Å²) in [7, 11) is -1.83. The largest absolute Gasteiger partial charge is 0.396 e. The number of hydrogen-bond acceptors (Lipinski definition) is 5. The Morgan fingerprint density at radius 1 is 1.31 bits per heavy atom. The van der Waals surface area contributed by atoms with Crippen LogP contribution in [0.2, 0.25) is 0 Å². The van der Waals surface area contributed by atoms with Crippen LogP contribution in [0, 0.1) is 5.41 Å². The van der Waals surface area contributed by atoms with Gasteiger partial charge in [-0.05, 0) is 43.0 Å². The minimum Gasteiger partial charge on any atom is -0.396 e. The van der Waals surface area contributed by atoms with E-state index in [1.54, 1.807) is 24.6 Å². The van der Waals surface area contributed by atoms with Gasteiger partial charge in [-0.3, -0.25) is 4.99 Å². The summed E-state index contributed by atoms with van der Waals surface area (Å²) >= 11 is 1.23. The molecule has 0 aromatic carbocycles. The molecule has 1 heterocycles. The molecule has 1 saturated carbocycles. The first-order chi connectivity index (χ1) is 13.4. The summed E-state index contributed by atoms with van der Waals surface area (Å²) < 4.78 is 26.7. The Balaban J connectivity index is 0.00000420. The van der Waals surface area contributed by atoms with Gasteiger partial charge in [0.25, 0.3) is 10.0 Å². The van der Waals surface area contributed by atoms with E-state index in [2.05, 4.69) is 10.6 Å². The van der Waals surface area contributed by atoms with E-state index in [1.807, 2.05) is 6.92 Å². The molecule has 0 unspecified atom stereocenters. The maximum absolute atomic E-state index is 12.5. The minimum atomic E-state index is -3.43. The number of nitrogens with zero attached hydrogens (tertiary/aromatic N) is 2. The molecule has 1 aromatic rings. The smallest absolute Gasteiger partial charge is 0.252 e. The third kappa shape index (κ3) is 7.97. The highest BCUT2D eigenvalue weighted by atomic mass is 127. The summed E-state index contributed by atoms with van der Waals surface area (Å²) in [5.41, 5.74) is 0.0919. The normalized spacial score (nSPS) is 17.0. The summed E-state index contributed by atoms with van der Waals surface area (Å²) in [6, 6.07) is 3.37. The van der Waals surface area contributed by atoms with Crippen LogP contribution >= 0.6 is 35.3 Å². The first-order valence-electron chi connectivity index (χ1n) is 10.1. The third-order valence-electron chi connectivity index (χ3n) is 5.35. The molecule has 0 bridgehead atoms. The predicted molar refractivity (Wildman–Crippen MR) is 131 cm³/mol. The Hall–Kier alpha value is -0.430. The van der Waals surface area contributed by atoms with Crippen LogP contribution in [-0.4, -0.2) is 63.6 Å². The molecule has 7 nitrogen and oxygen atoms in total. The van der Waals surface area contributed by atoms with Crippen LogP contribution in [0.1, 0.15) is 45.4 Å². The van der Waals surface area contributed by atoms with Crippen molar-refractivity contribution < 1.29 is 13.5 Å². The molecule has 1 aliphatic carbocycles. The van der Waals surface area contributed by atoms with E-state index in [1.165, 1.54) is 34.9 Å². The summed E-state index contributed by atoms with van der Waals surface area (Å²) in [5.74, 6) is 0.701. The predicted octanol–water partition coefficient (Wildman–Crippen LogP) is 2.87. The van der Waals surface area contributed by atoms with Gasteiger partial charge >= 0.3 is 0 Å². The van der Waals surface area contributed by atoms with Gasteiger partial charge in [-0.1, -0.05) is 25.3 Å². The molecule has 1 aliphatic rings. The SMILES string of the molecule is CCNC(=NCC1(CCO)CCCCC1)NCCN(C)S(=O)(=O)c1cccs1.I. The van der Waals surface area contributed by atoms with Crippen LogP contribution in [0.15, 0.2) is 26.7 Å². The molecule has 168 valence electrons. The molecule has 0 saturated heterocycles. The molecular weight excluding hydrogens is 523 g/mol. The third-order valence-corrected chi connectivity index (χ3v) is 8.58. The number of aliphatic hydroxyl groups is 1. The zero-order valence-corrected chi connectivity index (χ0v) is 21.4. The number of guanidine groups is 1. The summed E-state index contributed by atoms with van der Waals surface area (Å²) in [6.07, 6.45) is 6.67. The molecule has 3 N–H and O–H groups in total. The number of aliphatic hydroxyl groups excluding tert-OH is 1. The van der Waals surface area contributed by atoms with Gasteiger partial charge in [0.1, 0.15) is 4.21 Å². The Morgan fingerprint density at radius 2 is 2.03 bits per heavy atom. The zero-order valence-electron chi connectivity index (χ0n) is 17.4. The summed E-state index contributed by atoms with van der Waals surface area (Å²) in [6.45, 7) is 4.46. The number of aliphatic imine (C=N–C) groups is 1. The van der Waals surface area contributed by atoms with Crippen molar-refractivity contribution in [3.05, 3.63) is 17.5 Å². The van der Waals surface area contributed by atoms with Crippen molar-refractivity contribution >= 4 is 51.3 Å². The van der Waals surface area contributed by atoms with E-state index in [0.717, 1.165) is 25.8 Å². The number of hydrogen-bond donors (Lipinski definition) is 3. The van der Waals surface area contributed by atoms with E-state index in [9.17, 15) is 13.5 Å². The van der Waals surface area contributed by atoms with E-state index in [4.69, 9.17) is 4.99 Å². The van der Waals surface area contributed by atoms with Crippen molar-refractivity contribution in [2.75, 3.05) is 39.8 Å². The lowest BCUT2D eigenvalue weighted by Crippen LogP contribution is -2.42. The average molecular weight is 559 g/mol. The van der Waals surface area contributed by atoms with Crippen molar-refractivity contribution in [1.29, 1.82) is 0 Å². The van der Waals surface area contributed by atoms with Gasteiger partial charge in [-0.15, -0.1) is 35.3 Å². The second kappa shape index (κ2) is 13.1. The van der Waals surface area contributed by atoms with E-state index in [-0.39, 0.29) is 36.0 Å². The van der Waals surface area contributed by atoms with Gasteiger partial charge in [0.05, 0.1) is 0 Å². The van der Waals surface area contributed by atoms with Gasteiger partial charge in [0, 0.05) is 39.8 Å². The highest BCUT2D eigenvalue weighted by Crippen LogP contribution is 2.39. The molecule has 0 radical (unpaired) electrons. The monoisotopic (exact) mass is 558 g/mol. The van der Waals surface area contributed by atoms with Gasteiger partial charge in [-0.25, -0.2) is 8.42 Å². The maximum Gasteiger partial charge on any atom is 0.252 e. The first kappa shape index (κ1) is 26.6. The number of likely N-dealkylation sites (N-methyl/N-ethyl adjacent to an activating group) is 1. The Labute approximate surface area is 196 Å². The highest BCUT2D eigenvalue weighted by molar-refractivity contribution is 14.0. The Bertz CT molecular complexity index is 700. The van der Waals surface area contributed by atoms with Crippen molar-refractivity contribution in [3.63, 3.8) is 0 Å². The standard InChI is InChI=1S/C19H34N4O3S2.HI/c1-3-20-18(22-16-19(11-14-24)9-5-4-6-10-19)21-12-13-23(2)28(25,26)17-8-7-15-27-17;/h7-8,15,24H,3-6,9-14,16H2,1-2H3,(H2,20,21,22);1H. The lowest BCUT2D eigenvalue weighted by molar-refractivity contribution is 0.137. The van der Waals surface area contributed by atoms with E-state index in [0.29, 0.717) is 29.8 Å². The fourth-order valence-electron chi connectivity index (χ4n) is 3.63. The molecule has 0 amide bonds. The quantitative estimate of drug-likeness (QED) is 0.233. The number of sulfonamides is 1. The van der Waals surface area contributed by atoms with Crippen LogP contribution in [0.25, 0.3) is 0 Å². The Morgan fingerprint density at radius 3 is 2.62 bits per heavy atom. The average Bonchev–Trinajstić information content (AvgIpc) is 3.23. The van der Waals surface area contributed by atoms with Gasteiger partial charge < -0.3 is 15.7 Å². The second-order valence-electron chi connectivity index (χ2n) is 7.41. The van der Waals surface area contributed by atoms with Crippen LogP contribution in [0.3, 0.4) is 0 Å². The summed E-state index contributed by atoms with van der Waals surface area (Å²) in [5, 5.41) is 17.7. The fourth-order valence-corrected chi connectivity index (χ4v) is 6.00. The molecule has 0 atom stereocenters. The molecule has 1 fully saturated rings. The number of halogens is 1. The molecule has 10 heteroatoms. The van der Waals surface area contributed by atoms with Gasteiger partial charge in [0.2, 0.25) is 0 Å². The molecule has 0 aliphatic heterocycles. The van der Waals surface area contributed by atoms with Crippen molar-refractivity contribution in [1.82, 2.24) is 14.9 Å². The van der Waals surface area contributed by atoms with E-state index >= 15 is 0 Å². The second-order valence-corrected chi connectivity index (χ2v) is 10.6. The van der Waals surface area contributed by atoms with Crippen LogP contribution < -0.4 is 10.6 Å².